The number of nitrogens with zero attached hydrogens (tertiary/aromatic N) is 2. The molecule has 1 unspecified atom stereocenters. The number of hydrogen-bond donors (Lipinski definition) is 0. The van der Waals surface area contributed by atoms with Gasteiger partial charge in [0, 0.05) is 13.6 Å². The Labute approximate surface area is 115 Å². The van der Waals surface area contributed by atoms with Crippen molar-refractivity contribution in [2.45, 2.75) is 19.3 Å². The third-order valence-electron chi connectivity index (χ3n) is 3.01. The minimum Gasteiger partial charge on any atom is -0.345 e. The van der Waals surface area contributed by atoms with Gasteiger partial charge < -0.3 is 4.90 Å². The third kappa shape index (κ3) is 4.97. The number of carbonyl (C=O) groups excluding carboxylic acids is 1. The van der Waals surface area contributed by atoms with E-state index in [9.17, 15) is 4.79 Å². The number of hydrogen-bond acceptors (Lipinski definition) is 2. The van der Waals surface area contributed by atoms with E-state index in [4.69, 9.17) is 5.26 Å². The fourth-order valence-electron chi connectivity index (χ4n) is 1.89. The molecule has 0 heterocycles. The van der Waals surface area contributed by atoms with Crippen LogP contribution in [0.25, 0.3) is 0 Å². The van der Waals surface area contributed by atoms with Crippen molar-refractivity contribution in [1.29, 1.82) is 5.26 Å². The summed E-state index contributed by atoms with van der Waals surface area (Å²) in [6.07, 6.45) is 4.08. The fourth-order valence-corrected chi connectivity index (χ4v) is 1.89. The van der Waals surface area contributed by atoms with E-state index in [0.29, 0.717) is 13.0 Å². The van der Waals surface area contributed by atoms with E-state index >= 15 is 0 Å². The second-order valence-electron chi connectivity index (χ2n) is 4.56. The highest BCUT2D eigenvalue weighted by Crippen LogP contribution is 2.11. The molecule has 0 aliphatic carbocycles. The zero-order valence-corrected chi connectivity index (χ0v) is 11.4. The van der Waals surface area contributed by atoms with Crippen LogP contribution in [0.2, 0.25) is 0 Å². The standard InChI is InChI=1S/C16H20N2O/c1-3-4-8-11-18(2)16(19)15(13-17)12-14-9-6-5-7-10-14/h3,5-7,9-10,15H,1,4,8,11-12H2,2H3. The van der Waals surface area contributed by atoms with Gasteiger partial charge in [-0.3, -0.25) is 4.79 Å². The molecule has 1 rings (SSSR count). The quantitative estimate of drug-likeness (QED) is 0.556. The topological polar surface area (TPSA) is 44.1 Å². The molecule has 0 spiro atoms. The highest BCUT2D eigenvalue weighted by molar-refractivity contribution is 5.81. The van der Waals surface area contributed by atoms with E-state index < -0.39 is 5.92 Å². The molecule has 1 aromatic rings. The van der Waals surface area contributed by atoms with Gasteiger partial charge in [0.1, 0.15) is 5.92 Å². The van der Waals surface area contributed by atoms with Crippen molar-refractivity contribution in [2.24, 2.45) is 5.92 Å². The van der Waals surface area contributed by atoms with E-state index in [-0.39, 0.29) is 5.91 Å². The van der Waals surface area contributed by atoms with Crippen molar-refractivity contribution in [3.8, 4) is 6.07 Å². The normalized spacial score (nSPS) is 11.4. The Bertz CT molecular complexity index is 448. The molecular weight excluding hydrogens is 236 g/mol. The van der Waals surface area contributed by atoms with Gasteiger partial charge in [-0.15, -0.1) is 6.58 Å². The number of allylic oxidation sites excluding steroid dienone is 1. The summed E-state index contributed by atoms with van der Waals surface area (Å²) in [5.74, 6) is -0.702. The van der Waals surface area contributed by atoms with Crippen molar-refractivity contribution in [1.82, 2.24) is 4.90 Å². The van der Waals surface area contributed by atoms with Gasteiger partial charge in [-0.2, -0.15) is 5.26 Å². The van der Waals surface area contributed by atoms with E-state index in [2.05, 4.69) is 12.6 Å². The maximum Gasteiger partial charge on any atom is 0.240 e. The predicted molar refractivity (Wildman–Crippen MR) is 76.3 cm³/mol. The van der Waals surface area contributed by atoms with Gasteiger partial charge in [-0.05, 0) is 24.8 Å². The molecule has 0 fully saturated rings. The van der Waals surface area contributed by atoms with Crippen LogP contribution in [-0.4, -0.2) is 24.4 Å². The van der Waals surface area contributed by atoms with Crippen molar-refractivity contribution >= 4 is 5.91 Å². The molecule has 1 amide bonds. The molecule has 100 valence electrons. The van der Waals surface area contributed by atoms with Crippen LogP contribution in [0.5, 0.6) is 0 Å². The highest BCUT2D eigenvalue weighted by atomic mass is 16.2. The molecular formula is C16H20N2O. The summed E-state index contributed by atoms with van der Waals surface area (Å²) in [6, 6.07) is 11.8. The first-order valence-corrected chi connectivity index (χ1v) is 6.48. The summed E-state index contributed by atoms with van der Waals surface area (Å²) in [5, 5.41) is 9.16. The molecule has 1 aromatic carbocycles. The van der Waals surface area contributed by atoms with Crippen LogP contribution in [-0.2, 0) is 11.2 Å². The van der Waals surface area contributed by atoms with Crippen LogP contribution in [0.15, 0.2) is 43.0 Å². The number of rotatable bonds is 7. The molecule has 3 heteroatoms. The van der Waals surface area contributed by atoms with E-state index in [1.807, 2.05) is 36.4 Å². The monoisotopic (exact) mass is 256 g/mol. The first-order valence-electron chi connectivity index (χ1n) is 6.48. The summed E-state index contributed by atoms with van der Waals surface area (Å²) >= 11 is 0. The van der Waals surface area contributed by atoms with Gasteiger partial charge in [0.2, 0.25) is 5.91 Å². The largest absolute Gasteiger partial charge is 0.345 e. The number of benzene rings is 1. The second-order valence-corrected chi connectivity index (χ2v) is 4.56. The minimum atomic E-state index is -0.601. The Balaban J connectivity index is 2.57. The van der Waals surface area contributed by atoms with Crippen LogP contribution in [0.1, 0.15) is 18.4 Å². The molecule has 0 saturated heterocycles. The van der Waals surface area contributed by atoms with Gasteiger partial charge in [0.05, 0.1) is 6.07 Å². The first-order chi connectivity index (χ1) is 9.19. The average Bonchev–Trinajstić information content (AvgIpc) is 2.45. The van der Waals surface area contributed by atoms with Gasteiger partial charge in [-0.25, -0.2) is 0 Å². The molecule has 0 radical (unpaired) electrons. The summed E-state index contributed by atoms with van der Waals surface area (Å²) in [6.45, 7) is 4.32. The Morgan fingerprint density at radius 3 is 2.74 bits per heavy atom. The Morgan fingerprint density at radius 1 is 1.47 bits per heavy atom. The molecule has 0 aliphatic heterocycles. The molecule has 19 heavy (non-hydrogen) atoms. The fraction of sp³-hybridized carbons (Fsp3) is 0.375. The van der Waals surface area contributed by atoms with Gasteiger partial charge >= 0.3 is 0 Å². The molecule has 0 N–H and O–H groups in total. The van der Waals surface area contributed by atoms with E-state index in [0.717, 1.165) is 18.4 Å². The van der Waals surface area contributed by atoms with Gasteiger partial charge in [0.15, 0.2) is 0 Å². The lowest BCUT2D eigenvalue weighted by atomic mass is 9.99. The van der Waals surface area contributed by atoms with Crippen molar-refractivity contribution in [3.05, 3.63) is 48.6 Å². The van der Waals surface area contributed by atoms with E-state index in [1.54, 1.807) is 11.9 Å². The molecule has 0 aliphatic rings. The Hall–Kier alpha value is -2.08. The molecule has 1 atom stereocenters. The van der Waals surface area contributed by atoms with Crippen LogP contribution in [0.4, 0.5) is 0 Å². The smallest absolute Gasteiger partial charge is 0.240 e. The zero-order valence-electron chi connectivity index (χ0n) is 11.4. The average molecular weight is 256 g/mol. The summed E-state index contributed by atoms with van der Waals surface area (Å²) in [5.41, 5.74) is 1.02. The van der Waals surface area contributed by atoms with Crippen LogP contribution in [0.3, 0.4) is 0 Å². The minimum absolute atomic E-state index is 0.101. The van der Waals surface area contributed by atoms with Crippen molar-refractivity contribution in [2.75, 3.05) is 13.6 Å². The lowest BCUT2D eigenvalue weighted by molar-refractivity contribution is -0.132. The summed E-state index contributed by atoms with van der Waals surface area (Å²) < 4.78 is 0. The van der Waals surface area contributed by atoms with Gasteiger partial charge in [-0.1, -0.05) is 36.4 Å². The number of unbranched alkanes of at least 4 members (excludes halogenated alkanes) is 1. The first kappa shape index (κ1) is 15.0. The Kier molecular flexibility index (Phi) is 6.38. The SMILES string of the molecule is C=CCCCN(C)C(=O)C(C#N)Cc1ccccc1. The van der Waals surface area contributed by atoms with Crippen LogP contribution in [0, 0.1) is 17.2 Å². The van der Waals surface area contributed by atoms with Gasteiger partial charge in [0.25, 0.3) is 0 Å². The predicted octanol–water partition coefficient (Wildman–Crippen LogP) is 2.79. The number of nitriles is 1. The summed E-state index contributed by atoms with van der Waals surface area (Å²) in [7, 11) is 1.75. The third-order valence-corrected chi connectivity index (χ3v) is 3.01. The molecule has 3 nitrogen and oxygen atoms in total. The number of amides is 1. The molecule has 0 aromatic heterocycles. The number of carbonyl (C=O) groups is 1. The maximum atomic E-state index is 12.2. The van der Waals surface area contributed by atoms with Crippen LogP contribution >= 0.6 is 0 Å². The van der Waals surface area contributed by atoms with Crippen LogP contribution < -0.4 is 0 Å². The Morgan fingerprint density at radius 2 is 2.16 bits per heavy atom. The molecule has 0 bridgehead atoms. The maximum absolute atomic E-state index is 12.2. The second kappa shape index (κ2) is 8.10. The lowest BCUT2D eigenvalue weighted by Crippen LogP contribution is -2.34. The highest BCUT2D eigenvalue weighted by Gasteiger charge is 2.21. The van der Waals surface area contributed by atoms with Crippen molar-refractivity contribution < 1.29 is 4.79 Å². The lowest BCUT2D eigenvalue weighted by Gasteiger charge is -2.19. The summed E-state index contributed by atoms with van der Waals surface area (Å²) in [4.78, 5) is 13.8. The zero-order chi connectivity index (χ0) is 14.1. The molecule has 0 saturated carbocycles. The van der Waals surface area contributed by atoms with E-state index in [1.165, 1.54) is 0 Å². The van der Waals surface area contributed by atoms with Crippen molar-refractivity contribution in [3.63, 3.8) is 0 Å².